The molecule has 0 amide bonds. The van der Waals surface area contributed by atoms with Gasteiger partial charge in [0.05, 0.1) is 11.1 Å². The van der Waals surface area contributed by atoms with Crippen molar-refractivity contribution in [2.45, 2.75) is 6.92 Å². The number of hydrogen-bond donors (Lipinski definition) is 0. The average Bonchev–Trinajstić information content (AvgIpc) is 2.03. The summed E-state index contributed by atoms with van der Waals surface area (Å²) in [5.41, 5.74) is -0.588. The van der Waals surface area contributed by atoms with Crippen LogP contribution in [0.25, 0.3) is 0 Å². The second-order valence-electron chi connectivity index (χ2n) is 2.53. The first kappa shape index (κ1) is 9.51. The number of Topliss-reactive ketones (excluding diaryl/α,β-unsaturated/α-hetero) is 1. The smallest absolute Gasteiger partial charge is 0.162 e. The van der Waals surface area contributed by atoms with E-state index in [2.05, 4.69) is 0 Å². The molecule has 0 radical (unpaired) electrons. The Morgan fingerprint density at radius 2 is 1.92 bits per heavy atom. The predicted molar refractivity (Wildman–Crippen MR) is 41.8 cm³/mol. The van der Waals surface area contributed by atoms with Crippen molar-refractivity contribution in [3.05, 3.63) is 34.9 Å². The third-order valence-electron chi connectivity index (χ3n) is 1.59. The van der Waals surface area contributed by atoms with Crippen molar-refractivity contribution in [1.82, 2.24) is 0 Å². The third-order valence-corrected chi connectivity index (χ3v) is 1.59. The molecule has 0 unspecified atom stereocenters. The molecular weight excluding hydrogens is 178 g/mol. The Labute approximate surface area is 73.2 Å². The molecule has 0 saturated heterocycles. The van der Waals surface area contributed by atoms with E-state index in [4.69, 9.17) is 0 Å². The van der Waals surface area contributed by atoms with E-state index in [0.717, 1.165) is 13.0 Å². The maximum atomic E-state index is 12.8. The minimum absolute atomic E-state index is 0.237. The molecule has 4 heteroatoms. The molecule has 0 spiro atoms. The summed E-state index contributed by atoms with van der Waals surface area (Å²) < 4.78 is 25.6. The van der Waals surface area contributed by atoms with Gasteiger partial charge in [-0.15, -0.1) is 0 Å². The zero-order valence-electron chi connectivity index (χ0n) is 6.80. The molecule has 0 fully saturated rings. The summed E-state index contributed by atoms with van der Waals surface area (Å²) in [5, 5.41) is 0. The van der Waals surface area contributed by atoms with Crippen LogP contribution in [0.2, 0.25) is 0 Å². The molecule has 1 rings (SSSR count). The van der Waals surface area contributed by atoms with Gasteiger partial charge in [-0.2, -0.15) is 0 Å². The van der Waals surface area contributed by atoms with Crippen LogP contribution < -0.4 is 0 Å². The number of benzene rings is 1. The lowest BCUT2D eigenvalue weighted by atomic mass is 10.1. The summed E-state index contributed by atoms with van der Waals surface area (Å²) in [6.07, 6.45) is 0.237. The van der Waals surface area contributed by atoms with E-state index in [1.807, 2.05) is 0 Å². The Morgan fingerprint density at radius 1 is 1.31 bits per heavy atom. The molecule has 1 aromatic rings. The quantitative estimate of drug-likeness (QED) is 0.520. The van der Waals surface area contributed by atoms with Crippen molar-refractivity contribution in [2.75, 3.05) is 0 Å². The zero-order valence-corrected chi connectivity index (χ0v) is 6.80. The highest BCUT2D eigenvalue weighted by Gasteiger charge is 2.12. The van der Waals surface area contributed by atoms with E-state index in [1.165, 1.54) is 0 Å². The van der Waals surface area contributed by atoms with Crippen LogP contribution in [-0.2, 0) is 0 Å². The first-order valence-electron chi connectivity index (χ1n) is 3.51. The summed E-state index contributed by atoms with van der Waals surface area (Å²) in [6, 6.07) is 1.43. The fourth-order valence-corrected chi connectivity index (χ4v) is 0.926. The number of carbonyl (C=O) groups is 2. The van der Waals surface area contributed by atoms with E-state index in [0.29, 0.717) is 6.07 Å². The average molecular weight is 184 g/mol. The van der Waals surface area contributed by atoms with Gasteiger partial charge in [0.2, 0.25) is 0 Å². The number of halogens is 2. The highest BCUT2D eigenvalue weighted by Crippen LogP contribution is 2.13. The first-order valence-corrected chi connectivity index (χ1v) is 3.51. The monoisotopic (exact) mass is 184 g/mol. The molecule has 0 aliphatic heterocycles. The summed E-state index contributed by atoms with van der Waals surface area (Å²) >= 11 is 0. The third kappa shape index (κ3) is 1.77. The topological polar surface area (TPSA) is 34.1 Å². The van der Waals surface area contributed by atoms with Crippen molar-refractivity contribution in [3.63, 3.8) is 0 Å². The van der Waals surface area contributed by atoms with E-state index >= 15 is 0 Å². The van der Waals surface area contributed by atoms with Gasteiger partial charge in [0, 0.05) is 6.07 Å². The number of hydrogen-bond acceptors (Lipinski definition) is 2. The minimum atomic E-state index is -0.961. The van der Waals surface area contributed by atoms with E-state index in [9.17, 15) is 18.4 Å². The van der Waals surface area contributed by atoms with Crippen molar-refractivity contribution >= 4 is 12.1 Å². The van der Waals surface area contributed by atoms with Gasteiger partial charge in [-0.25, -0.2) is 8.78 Å². The van der Waals surface area contributed by atoms with E-state index in [1.54, 1.807) is 0 Å². The fourth-order valence-electron chi connectivity index (χ4n) is 0.926. The molecule has 2 nitrogen and oxygen atoms in total. The van der Waals surface area contributed by atoms with Gasteiger partial charge in [-0.3, -0.25) is 9.59 Å². The Kier molecular flexibility index (Phi) is 2.51. The maximum Gasteiger partial charge on any atom is 0.162 e. The second-order valence-corrected chi connectivity index (χ2v) is 2.53. The lowest BCUT2D eigenvalue weighted by molar-refractivity contribution is 0.101. The fraction of sp³-hybridized carbons (Fsp3) is 0.111. The summed E-state index contributed by atoms with van der Waals surface area (Å²) in [4.78, 5) is 21.0. The van der Waals surface area contributed by atoms with Gasteiger partial charge < -0.3 is 0 Å². The molecule has 1 aromatic carbocycles. The summed E-state index contributed by atoms with van der Waals surface area (Å²) in [5.74, 6) is -2.45. The predicted octanol–water partition coefficient (Wildman–Crippen LogP) is 1.98. The number of aldehydes is 1. The van der Waals surface area contributed by atoms with Crippen molar-refractivity contribution < 1.29 is 18.4 Å². The largest absolute Gasteiger partial charge is 0.298 e. The molecule has 0 aromatic heterocycles. The van der Waals surface area contributed by atoms with Crippen LogP contribution in [0.4, 0.5) is 8.78 Å². The zero-order chi connectivity index (χ0) is 10.0. The van der Waals surface area contributed by atoms with Crippen LogP contribution >= 0.6 is 0 Å². The Balaban J connectivity index is 3.38. The minimum Gasteiger partial charge on any atom is -0.298 e. The molecule has 0 aliphatic rings. The number of carbonyl (C=O) groups excluding carboxylic acids is 2. The van der Waals surface area contributed by atoms with Crippen LogP contribution in [0.3, 0.4) is 0 Å². The van der Waals surface area contributed by atoms with Crippen molar-refractivity contribution in [1.29, 1.82) is 0 Å². The molecule has 0 bridgehead atoms. The normalized spacial score (nSPS) is 9.77. The molecule has 68 valence electrons. The van der Waals surface area contributed by atoms with Crippen LogP contribution in [-0.4, -0.2) is 12.1 Å². The number of ketones is 1. The molecule has 0 heterocycles. The van der Waals surface area contributed by atoms with Crippen LogP contribution in [0, 0.1) is 11.6 Å². The molecule has 0 N–H and O–H groups in total. The van der Waals surface area contributed by atoms with Crippen LogP contribution in [0.1, 0.15) is 27.6 Å². The number of rotatable bonds is 2. The standard InChI is InChI=1S/C9H6F2O2/c1-5(13)7-2-6(4-12)8(10)3-9(7)11/h2-4H,1H3. The molecule has 0 aliphatic carbocycles. The molecule has 0 saturated carbocycles. The van der Waals surface area contributed by atoms with Gasteiger partial charge >= 0.3 is 0 Å². The first-order chi connectivity index (χ1) is 6.06. The van der Waals surface area contributed by atoms with Crippen molar-refractivity contribution in [3.8, 4) is 0 Å². The van der Waals surface area contributed by atoms with E-state index < -0.39 is 17.4 Å². The highest BCUT2D eigenvalue weighted by molar-refractivity contribution is 5.95. The lowest BCUT2D eigenvalue weighted by Crippen LogP contribution is -2.01. The maximum absolute atomic E-state index is 12.8. The van der Waals surface area contributed by atoms with Gasteiger partial charge in [-0.05, 0) is 13.0 Å². The van der Waals surface area contributed by atoms with Gasteiger partial charge in [0.25, 0.3) is 0 Å². The Morgan fingerprint density at radius 3 is 2.38 bits per heavy atom. The molecule has 13 heavy (non-hydrogen) atoms. The van der Waals surface area contributed by atoms with Gasteiger partial charge in [-0.1, -0.05) is 0 Å². The second kappa shape index (κ2) is 3.43. The summed E-state index contributed by atoms with van der Waals surface area (Å²) in [7, 11) is 0. The van der Waals surface area contributed by atoms with Gasteiger partial charge in [0.15, 0.2) is 12.1 Å². The van der Waals surface area contributed by atoms with E-state index in [-0.39, 0.29) is 17.4 Å². The van der Waals surface area contributed by atoms with Crippen LogP contribution in [0.5, 0.6) is 0 Å². The lowest BCUT2D eigenvalue weighted by Gasteiger charge is -2.00. The van der Waals surface area contributed by atoms with Gasteiger partial charge in [0.1, 0.15) is 11.6 Å². The Hall–Kier alpha value is -1.58. The summed E-state index contributed by atoms with van der Waals surface area (Å²) in [6.45, 7) is 1.14. The van der Waals surface area contributed by atoms with Crippen molar-refractivity contribution in [2.24, 2.45) is 0 Å². The molecular formula is C9H6F2O2. The van der Waals surface area contributed by atoms with Crippen LogP contribution in [0.15, 0.2) is 12.1 Å². The Bertz CT molecular complexity index is 372. The highest BCUT2D eigenvalue weighted by atomic mass is 19.1. The molecule has 0 atom stereocenters. The SMILES string of the molecule is CC(=O)c1cc(C=O)c(F)cc1F.